The van der Waals surface area contributed by atoms with E-state index in [-0.39, 0.29) is 12.2 Å². The first-order chi connectivity index (χ1) is 9.47. The molecule has 0 atom stereocenters. The van der Waals surface area contributed by atoms with Gasteiger partial charge in [-0.1, -0.05) is 0 Å². The van der Waals surface area contributed by atoms with Crippen LogP contribution in [0.3, 0.4) is 0 Å². The number of nitrogens with two attached hydrogens (primary N) is 1. The summed E-state index contributed by atoms with van der Waals surface area (Å²) in [6, 6.07) is 6.56. The average Bonchev–Trinajstić information content (AvgIpc) is 2.86. The summed E-state index contributed by atoms with van der Waals surface area (Å²) in [5, 5.41) is 13.2. The Morgan fingerprint density at radius 2 is 2.20 bits per heavy atom. The van der Waals surface area contributed by atoms with E-state index < -0.39 is 5.97 Å². The minimum absolute atomic E-state index is 0.138. The summed E-state index contributed by atoms with van der Waals surface area (Å²) < 4.78 is 7.40. The number of hydrogen-bond donors (Lipinski definition) is 2. The molecule has 0 saturated carbocycles. The highest BCUT2D eigenvalue weighted by molar-refractivity contribution is 5.89. The zero-order valence-corrected chi connectivity index (χ0v) is 11.4. The second kappa shape index (κ2) is 5.64. The number of ether oxygens (including phenoxy) is 1. The molecule has 3 N–H and O–H groups in total. The van der Waals surface area contributed by atoms with Gasteiger partial charge in [0.15, 0.2) is 0 Å². The van der Waals surface area contributed by atoms with Crippen molar-refractivity contribution in [3.05, 3.63) is 41.7 Å². The Kier molecular flexibility index (Phi) is 3.93. The van der Waals surface area contributed by atoms with E-state index in [2.05, 4.69) is 5.10 Å². The molecule has 0 radical (unpaired) electrons. The lowest BCUT2D eigenvalue weighted by Crippen LogP contribution is -2.05. The number of benzene rings is 1. The van der Waals surface area contributed by atoms with E-state index in [1.165, 1.54) is 12.1 Å². The van der Waals surface area contributed by atoms with Gasteiger partial charge in [0.05, 0.1) is 16.9 Å². The van der Waals surface area contributed by atoms with Gasteiger partial charge in [-0.05, 0) is 38.1 Å². The normalized spacial score (nSPS) is 10.8. The van der Waals surface area contributed by atoms with Crippen molar-refractivity contribution in [3.8, 4) is 5.75 Å². The molecule has 2 aromatic rings. The summed E-state index contributed by atoms with van der Waals surface area (Å²) in [5.74, 6) is -0.562. The summed E-state index contributed by atoms with van der Waals surface area (Å²) in [6.45, 7) is 4.37. The Labute approximate surface area is 116 Å². The van der Waals surface area contributed by atoms with Crippen LogP contribution in [0.5, 0.6) is 5.75 Å². The molecule has 0 aliphatic heterocycles. The van der Waals surface area contributed by atoms with Crippen molar-refractivity contribution in [3.63, 3.8) is 0 Å². The highest BCUT2D eigenvalue weighted by Crippen LogP contribution is 2.23. The van der Waals surface area contributed by atoms with Gasteiger partial charge < -0.3 is 15.6 Å². The van der Waals surface area contributed by atoms with Crippen LogP contribution in [0.4, 0.5) is 5.69 Å². The van der Waals surface area contributed by atoms with Crippen LogP contribution in [-0.4, -0.2) is 20.9 Å². The molecule has 0 saturated heterocycles. The molecule has 2 rings (SSSR count). The third-order valence-corrected chi connectivity index (χ3v) is 2.82. The van der Waals surface area contributed by atoms with Crippen molar-refractivity contribution in [1.82, 2.24) is 9.78 Å². The molecule has 1 aromatic carbocycles. The largest absolute Gasteiger partial charge is 0.485 e. The van der Waals surface area contributed by atoms with Gasteiger partial charge in [-0.15, -0.1) is 0 Å². The van der Waals surface area contributed by atoms with Crippen molar-refractivity contribution in [1.29, 1.82) is 0 Å². The minimum atomic E-state index is -1.01. The standard InChI is InChI=1S/C14H17N3O3/c1-9(2)17-6-5-11(16-17)8-20-13-4-3-10(14(18)19)7-12(13)15/h3-7,9H,8,15H2,1-2H3,(H,18,19). The van der Waals surface area contributed by atoms with E-state index in [9.17, 15) is 4.79 Å². The number of hydrogen-bond acceptors (Lipinski definition) is 4. The molecule has 106 valence electrons. The molecule has 1 aromatic heterocycles. The molecule has 0 unspecified atom stereocenters. The summed E-state index contributed by atoms with van der Waals surface area (Å²) in [4.78, 5) is 10.8. The van der Waals surface area contributed by atoms with Crippen LogP contribution in [0.25, 0.3) is 0 Å². The average molecular weight is 275 g/mol. The SMILES string of the molecule is CC(C)n1ccc(COc2ccc(C(=O)O)cc2N)n1. The maximum absolute atomic E-state index is 10.8. The number of carboxylic acids is 1. The molecule has 0 amide bonds. The van der Waals surface area contributed by atoms with E-state index in [0.29, 0.717) is 17.5 Å². The zero-order valence-electron chi connectivity index (χ0n) is 11.4. The zero-order chi connectivity index (χ0) is 14.7. The number of aromatic carboxylic acids is 1. The van der Waals surface area contributed by atoms with Gasteiger partial charge in [0.2, 0.25) is 0 Å². The Hall–Kier alpha value is -2.50. The Balaban J connectivity index is 2.05. The summed E-state index contributed by atoms with van der Waals surface area (Å²) in [6.07, 6.45) is 1.89. The molecule has 0 aliphatic rings. The first-order valence-electron chi connectivity index (χ1n) is 6.27. The summed E-state index contributed by atoms with van der Waals surface area (Å²) in [5.41, 5.74) is 6.99. The lowest BCUT2D eigenvalue weighted by atomic mass is 10.2. The number of nitrogens with zero attached hydrogens (tertiary/aromatic N) is 2. The smallest absolute Gasteiger partial charge is 0.335 e. The third kappa shape index (κ3) is 3.09. The van der Waals surface area contributed by atoms with Gasteiger partial charge in [-0.2, -0.15) is 5.10 Å². The number of carboxylic acid groups (broad SMARTS) is 1. The molecule has 0 bridgehead atoms. The van der Waals surface area contributed by atoms with E-state index in [4.69, 9.17) is 15.6 Å². The maximum Gasteiger partial charge on any atom is 0.335 e. The number of rotatable bonds is 5. The lowest BCUT2D eigenvalue weighted by molar-refractivity contribution is 0.0697. The van der Waals surface area contributed by atoms with Gasteiger partial charge in [0, 0.05) is 12.2 Å². The minimum Gasteiger partial charge on any atom is -0.485 e. The van der Waals surface area contributed by atoms with Crippen molar-refractivity contribution >= 4 is 11.7 Å². The quantitative estimate of drug-likeness (QED) is 0.817. The van der Waals surface area contributed by atoms with Gasteiger partial charge in [-0.25, -0.2) is 4.79 Å². The first-order valence-corrected chi connectivity index (χ1v) is 6.27. The number of anilines is 1. The molecule has 0 fully saturated rings. The second-order valence-corrected chi connectivity index (χ2v) is 4.73. The van der Waals surface area contributed by atoms with Crippen molar-refractivity contribution in [2.75, 3.05) is 5.73 Å². The highest BCUT2D eigenvalue weighted by atomic mass is 16.5. The summed E-state index contributed by atoms with van der Waals surface area (Å²) >= 11 is 0. The fourth-order valence-electron chi connectivity index (χ4n) is 1.71. The molecule has 6 heteroatoms. The third-order valence-electron chi connectivity index (χ3n) is 2.82. The van der Waals surface area contributed by atoms with Crippen LogP contribution >= 0.6 is 0 Å². The molecular weight excluding hydrogens is 258 g/mol. The highest BCUT2D eigenvalue weighted by Gasteiger charge is 2.08. The number of carbonyl (C=O) groups is 1. The molecule has 20 heavy (non-hydrogen) atoms. The van der Waals surface area contributed by atoms with Crippen molar-refractivity contribution < 1.29 is 14.6 Å². The van der Waals surface area contributed by atoms with Crippen molar-refractivity contribution in [2.24, 2.45) is 0 Å². The molecule has 1 heterocycles. The molecule has 6 nitrogen and oxygen atoms in total. The first kappa shape index (κ1) is 13.9. The predicted molar refractivity (Wildman–Crippen MR) is 74.8 cm³/mol. The van der Waals surface area contributed by atoms with E-state index in [1.54, 1.807) is 6.07 Å². The van der Waals surface area contributed by atoms with Crippen LogP contribution in [0.1, 0.15) is 35.9 Å². The van der Waals surface area contributed by atoms with Crippen LogP contribution in [0, 0.1) is 0 Å². The number of aromatic nitrogens is 2. The van der Waals surface area contributed by atoms with Crippen LogP contribution < -0.4 is 10.5 Å². The van der Waals surface area contributed by atoms with Gasteiger partial charge >= 0.3 is 5.97 Å². The molecule has 0 aliphatic carbocycles. The lowest BCUT2D eigenvalue weighted by Gasteiger charge is -2.08. The van der Waals surface area contributed by atoms with Crippen LogP contribution in [0.15, 0.2) is 30.5 Å². The Morgan fingerprint density at radius 1 is 1.45 bits per heavy atom. The monoisotopic (exact) mass is 275 g/mol. The van der Waals surface area contributed by atoms with Crippen LogP contribution in [-0.2, 0) is 6.61 Å². The van der Waals surface area contributed by atoms with Gasteiger partial charge in [0.25, 0.3) is 0 Å². The topological polar surface area (TPSA) is 90.4 Å². The van der Waals surface area contributed by atoms with Gasteiger partial charge in [-0.3, -0.25) is 4.68 Å². The fraction of sp³-hybridized carbons (Fsp3) is 0.286. The van der Waals surface area contributed by atoms with E-state index in [1.807, 2.05) is 30.8 Å². The predicted octanol–water partition coefficient (Wildman–Crippen LogP) is 2.32. The Bertz CT molecular complexity index is 620. The van der Waals surface area contributed by atoms with E-state index in [0.717, 1.165) is 5.69 Å². The molecule has 0 spiro atoms. The van der Waals surface area contributed by atoms with Crippen molar-refractivity contribution in [2.45, 2.75) is 26.5 Å². The van der Waals surface area contributed by atoms with E-state index >= 15 is 0 Å². The molecular formula is C14H17N3O3. The van der Waals surface area contributed by atoms with Gasteiger partial charge in [0.1, 0.15) is 12.4 Å². The van der Waals surface area contributed by atoms with Crippen LogP contribution in [0.2, 0.25) is 0 Å². The second-order valence-electron chi connectivity index (χ2n) is 4.73. The maximum atomic E-state index is 10.8. The Morgan fingerprint density at radius 3 is 2.75 bits per heavy atom. The summed E-state index contributed by atoms with van der Waals surface area (Å²) in [7, 11) is 0. The number of nitrogen functional groups attached to an aromatic ring is 1. The fourth-order valence-corrected chi connectivity index (χ4v) is 1.71.